The van der Waals surface area contributed by atoms with Crippen LogP contribution in [0.1, 0.15) is 409 Å². The summed E-state index contributed by atoms with van der Waals surface area (Å²) >= 11 is 0. The molecule has 0 fully saturated rings. The van der Waals surface area contributed by atoms with Crippen LogP contribution in [0, 0.1) is 23.7 Å². The molecule has 0 heterocycles. The van der Waals surface area contributed by atoms with E-state index in [1.165, 1.54) is 205 Å². The number of aliphatic hydroxyl groups excluding tert-OH is 1. The van der Waals surface area contributed by atoms with Crippen molar-refractivity contribution >= 4 is 39.5 Å². The van der Waals surface area contributed by atoms with Crippen LogP contribution in [0.4, 0.5) is 0 Å². The maximum Gasteiger partial charge on any atom is 0.472 e. The third kappa shape index (κ3) is 74.1. The van der Waals surface area contributed by atoms with Crippen LogP contribution in [0.2, 0.25) is 0 Å². The summed E-state index contributed by atoms with van der Waals surface area (Å²) < 4.78 is 68.7. The second-order valence-electron chi connectivity index (χ2n) is 30.7. The molecule has 0 aromatic carbocycles. The summed E-state index contributed by atoms with van der Waals surface area (Å²) in [4.78, 5) is 73.0. The molecule has 0 saturated heterocycles. The summed E-state index contributed by atoms with van der Waals surface area (Å²) in [6.07, 6.45) is 55.5. The lowest BCUT2D eigenvalue weighted by Crippen LogP contribution is -2.30. The maximum absolute atomic E-state index is 13.1. The molecule has 0 aromatic rings. The highest BCUT2D eigenvalue weighted by Gasteiger charge is 2.30. The van der Waals surface area contributed by atoms with E-state index in [0.29, 0.717) is 31.6 Å². The van der Waals surface area contributed by atoms with E-state index in [1.54, 1.807) is 0 Å². The molecule has 0 saturated carbocycles. The fraction of sp³-hybridized carbons (Fsp3) is 0.950. The van der Waals surface area contributed by atoms with E-state index in [9.17, 15) is 43.2 Å². The van der Waals surface area contributed by atoms with Gasteiger partial charge in [0.2, 0.25) is 0 Å². The van der Waals surface area contributed by atoms with Crippen LogP contribution < -0.4 is 0 Å². The number of phosphoric ester groups is 2. The minimum absolute atomic E-state index is 0.107. The van der Waals surface area contributed by atoms with E-state index in [0.717, 1.165) is 114 Å². The number of rotatable bonds is 77. The number of phosphoric acid groups is 2. The normalized spacial score (nSPS) is 14.1. The SMILES string of the molecule is CC(C)CCCCCCCCCCCCCCCCCCC(=O)O[C@H](COC(=O)CCCCCCCCCC(C)C)COP(=O)(O)OCC(O)COP(=O)(O)OC[C@@H](COC(=O)CCCCCCCCCCCCCCC(C)C)OC(=O)CCCCCCCCCCCCCCC(C)C. The Bertz CT molecular complexity index is 1940. The van der Waals surface area contributed by atoms with Crippen molar-refractivity contribution in [2.45, 2.75) is 427 Å². The number of hydrogen-bond donors (Lipinski definition) is 3. The van der Waals surface area contributed by atoms with Crippen molar-refractivity contribution in [3.8, 4) is 0 Å². The summed E-state index contributed by atoms with van der Waals surface area (Å²) in [6, 6.07) is 0. The summed E-state index contributed by atoms with van der Waals surface area (Å²) in [6.45, 7) is 14.2. The van der Waals surface area contributed by atoms with Crippen molar-refractivity contribution in [1.29, 1.82) is 0 Å². The maximum atomic E-state index is 13.1. The Labute approximate surface area is 607 Å². The van der Waals surface area contributed by atoms with Crippen LogP contribution in [0.5, 0.6) is 0 Å². The third-order valence-electron chi connectivity index (χ3n) is 18.6. The second kappa shape index (κ2) is 69.1. The Hall–Kier alpha value is -1.94. The molecule has 0 aliphatic carbocycles. The van der Waals surface area contributed by atoms with Crippen molar-refractivity contribution in [3.63, 3.8) is 0 Å². The highest BCUT2D eigenvalue weighted by atomic mass is 31.2. The van der Waals surface area contributed by atoms with Gasteiger partial charge in [-0.1, -0.05) is 357 Å². The average molecular weight is 1450 g/mol. The predicted octanol–water partition coefficient (Wildman–Crippen LogP) is 23.6. The van der Waals surface area contributed by atoms with Gasteiger partial charge in [-0.05, 0) is 49.4 Å². The van der Waals surface area contributed by atoms with E-state index in [2.05, 4.69) is 55.4 Å². The quantitative estimate of drug-likeness (QED) is 0.0222. The standard InChI is InChI=1S/C80H156O17P2/c1-70(2)56-48-40-32-25-19-13-11-9-10-12-14-23-29-37-46-54-62-79(84)97-76(67-91-78(83)61-53-45-39-31-35-43-51-59-73(7)8)69-95-99(88,89)93-65-74(81)64-92-98(86,87)94-68-75(96-80(85)63-55-47-38-30-24-18-16-21-27-34-42-50-58-72(5)6)66-90-77(82)60-52-44-36-28-22-17-15-20-26-33-41-49-57-71(3)4/h70-76,81H,9-69H2,1-8H3,(H,86,87)(H,88,89)/t74?,75-,76-/m1/s1. The van der Waals surface area contributed by atoms with Gasteiger partial charge in [-0.2, -0.15) is 0 Å². The fourth-order valence-corrected chi connectivity index (χ4v) is 13.8. The van der Waals surface area contributed by atoms with Crippen LogP contribution in [0.3, 0.4) is 0 Å². The molecule has 0 spiro atoms. The predicted molar refractivity (Wildman–Crippen MR) is 404 cm³/mol. The first-order valence-corrected chi connectivity index (χ1v) is 44.2. The lowest BCUT2D eigenvalue weighted by molar-refractivity contribution is -0.161. The van der Waals surface area contributed by atoms with Gasteiger partial charge in [-0.3, -0.25) is 37.3 Å². The smallest absolute Gasteiger partial charge is 0.462 e. The highest BCUT2D eigenvalue weighted by Crippen LogP contribution is 2.45. The molecule has 99 heavy (non-hydrogen) atoms. The zero-order valence-electron chi connectivity index (χ0n) is 65.1. The first-order chi connectivity index (χ1) is 47.6. The molecule has 0 rings (SSSR count). The molecule has 5 atom stereocenters. The van der Waals surface area contributed by atoms with Crippen molar-refractivity contribution < 1.29 is 80.2 Å². The van der Waals surface area contributed by atoms with Crippen molar-refractivity contribution in [2.75, 3.05) is 39.6 Å². The molecule has 588 valence electrons. The number of esters is 4. The summed E-state index contributed by atoms with van der Waals surface area (Å²) in [5, 5.41) is 10.6. The number of hydrogen-bond acceptors (Lipinski definition) is 15. The van der Waals surface area contributed by atoms with E-state index < -0.39 is 97.5 Å². The van der Waals surface area contributed by atoms with Crippen LogP contribution in [0.15, 0.2) is 0 Å². The van der Waals surface area contributed by atoms with Gasteiger partial charge < -0.3 is 33.8 Å². The Morgan fingerprint density at radius 2 is 0.424 bits per heavy atom. The number of carbonyl (C=O) groups excluding carboxylic acids is 4. The van der Waals surface area contributed by atoms with Crippen LogP contribution in [-0.4, -0.2) is 96.7 Å². The van der Waals surface area contributed by atoms with Crippen molar-refractivity contribution in [3.05, 3.63) is 0 Å². The van der Waals surface area contributed by atoms with Gasteiger partial charge in [-0.25, -0.2) is 9.13 Å². The van der Waals surface area contributed by atoms with Crippen molar-refractivity contribution in [2.24, 2.45) is 23.7 Å². The molecule has 17 nitrogen and oxygen atoms in total. The Balaban J connectivity index is 5.23. The monoisotopic (exact) mass is 1450 g/mol. The highest BCUT2D eigenvalue weighted by molar-refractivity contribution is 7.47. The van der Waals surface area contributed by atoms with Gasteiger partial charge in [0.25, 0.3) is 0 Å². The molecule has 3 N–H and O–H groups in total. The first-order valence-electron chi connectivity index (χ1n) is 41.2. The van der Waals surface area contributed by atoms with Gasteiger partial charge in [0.05, 0.1) is 26.4 Å². The molecule has 3 unspecified atom stereocenters. The van der Waals surface area contributed by atoms with Gasteiger partial charge in [-0.15, -0.1) is 0 Å². The van der Waals surface area contributed by atoms with Crippen LogP contribution in [0.25, 0.3) is 0 Å². The molecule has 0 radical (unpaired) electrons. The fourth-order valence-electron chi connectivity index (χ4n) is 12.3. The molecule has 19 heteroatoms. The van der Waals surface area contributed by atoms with E-state index in [4.69, 9.17) is 37.0 Å². The minimum atomic E-state index is -4.96. The van der Waals surface area contributed by atoms with Crippen molar-refractivity contribution in [1.82, 2.24) is 0 Å². The summed E-state index contributed by atoms with van der Waals surface area (Å²) in [7, 11) is -9.92. The zero-order valence-corrected chi connectivity index (χ0v) is 66.9. The molecule has 0 bridgehead atoms. The number of aliphatic hydroxyl groups is 1. The number of ether oxygens (including phenoxy) is 4. The largest absolute Gasteiger partial charge is 0.472 e. The van der Waals surface area contributed by atoms with E-state index >= 15 is 0 Å². The Kier molecular flexibility index (Phi) is 67.8. The lowest BCUT2D eigenvalue weighted by atomic mass is 10.0. The van der Waals surface area contributed by atoms with E-state index in [1.807, 2.05) is 0 Å². The average Bonchev–Trinajstić information content (AvgIpc) is 0.967. The zero-order chi connectivity index (χ0) is 73.1. The Morgan fingerprint density at radius 3 is 0.626 bits per heavy atom. The molecule has 0 aromatic heterocycles. The van der Waals surface area contributed by atoms with Gasteiger partial charge in [0.15, 0.2) is 12.2 Å². The summed E-state index contributed by atoms with van der Waals surface area (Å²) in [5.74, 6) is 0.957. The first kappa shape index (κ1) is 97.1. The minimum Gasteiger partial charge on any atom is -0.462 e. The summed E-state index contributed by atoms with van der Waals surface area (Å²) in [5.41, 5.74) is 0. The molecular weight excluding hydrogens is 1290 g/mol. The van der Waals surface area contributed by atoms with Gasteiger partial charge >= 0.3 is 39.5 Å². The third-order valence-corrected chi connectivity index (χ3v) is 20.5. The number of unbranched alkanes of at least 4 members (excludes halogenated alkanes) is 43. The van der Waals surface area contributed by atoms with Gasteiger partial charge in [0.1, 0.15) is 19.3 Å². The topological polar surface area (TPSA) is 237 Å². The molecular formula is C80H156O17P2. The molecule has 0 aliphatic rings. The Morgan fingerprint density at radius 1 is 0.253 bits per heavy atom. The number of carbonyl (C=O) groups is 4. The van der Waals surface area contributed by atoms with Crippen LogP contribution >= 0.6 is 15.6 Å². The van der Waals surface area contributed by atoms with Crippen LogP contribution in [-0.2, 0) is 65.4 Å². The van der Waals surface area contributed by atoms with E-state index in [-0.39, 0.29) is 25.7 Å². The lowest BCUT2D eigenvalue weighted by Gasteiger charge is -2.21. The molecule has 0 amide bonds. The second-order valence-corrected chi connectivity index (χ2v) is 33.6. The van der Waals surface area contributed by atoms with Gasteiger partial charge in [0, 0.05) is 25.7 Å². The molecule has 0 aliphatic heterocycles.